The molecule has 0 bridgehead atoms. The maximum absolute atomic E-state index is 4.12. The molecule has 1 fully saturated rings. The van der Waals surface area contributed by atoms with Gasteiger partial charge in [0.1, 0.15) is 0 Å². The summed E-state index contributed by atoms with van der Waals surface area (Å²) in [6, 6.07) is 0. The molecule has 29 valence electrons. The van der Waals surface area contributed by atoms with E-state index in [1.807, 2.05) is 0 Å². The molecule has 0 spiro atoms. The predicted molar refractivity (Wildman–Crippen MR) is 21.0 cm³/mol. The summed E-state index contributed by atoms with van der Waals surface area (Å²) in [5.74, 6) is 0. The Labute approximate surface area is 41.1 Å². The highest BCUT2D eigenvalue weighted by Gasteiger charge is 2.19. The van der Waals surface area contributed by atoms with Crippen LogP contribution in [0.2, 0.25) is 0 Å². The van der Waals surface area contributed by atoms with Crippen molar-refractivity contribution in [1.29, 1.82) is 0 Å². The second kappa shape index (κ2) is 1.79. The normalized spacial score (nSPS) is 21.0. The van der Waals surface area contributed by atoms with Gasteiger partial charge in [-0.3, -0.25) is 0 Å². The Kier molecular flexibility index (Phi) is 1.95. The summed E-state index contributed by atoms with van der Waals surface area (Å²) in [6.07, 6.45) is 0.667. The molecule has 1 heterocycles. The van der Waals surface area contributed by atoms with Gasteiger partial charge in [-0.2, -0.15) is 9.78 Å². The summed E-state index contributed by atoms with van der Waals surface area (Å²) in [5.41, 5.74) is 0. The Hall–Kier alpha value is 0.452. The van der Waals surface area contributed by atoms with Crippen molar-refractivity contribution in [1.82, 2.24) is 0 Å². The summed E-state index contributed by atoms with van der Waals surface area (Å²) in [6.45, 7) is 1.75. The number of hydrogen-bond donors (Lipinski definition) is 0. The van der Waals surface area contributed by atoms with Crippen molar-refractivity contribution in [2.24, 2.45) is 0 Å². The van der Waals surface area contributed by atoms with Crippen LogP contribution in [0, 0.1) is 6.29 Å². The molecule has 0 atom stereocenters. The topological polar surface area (TPSA) is 25.1 Å². The van der Waals surface area contributed by atoms with Crippen LogP contribution < -0.4 is 0 Å². The van der Waals surface area contributed by atoms with Crippen LogP contribution in [0.1, 0.15) is 6.92 Å². The summed E-state index contributed by atoms with van der Waals surface area (Å²) in [7, 11) is 0. The van der Waals surface area contributed by atoms with E-state index in [0.717, 1.165) is 0 Å². The first-order valence-corrected chi connectivity index (χ1v) is 1.07. The van der Waals surface area contributed by atoms with E-state index in [0.29, 0.717) is 6.29 Å². The fourth-order valence-electron chi connectivity index (χ4n) is 0.0417. The second-order valence-corrected chi connectivity index (χ2v) is 0.658. The van der Waals surface area contributed by atoms with Gasteiger partial charge >= 0.3 is 0 Å². The molecule has 0 aromatic rings. The van der Waals surface area contributed by atoms with E-state index in [-0.39, 0.29) is 17.4 Å². The molecule has 0 aromatic carbocycles. The zero-order chi connectivity index (χ0) is 2.99. The minimum Gasteiger partial charge on any atom is -0.189 e. The second-order valence-electron chi connectivity index (χ2n) is 0.658. The van der Waals surface area contributed by atoms with Crippen LogP contribution in [0.3, 0.4) is 0 Å². The zero-order valence-corrected chi connectivity index (χ0v) is 2.32. The van der Waals surface area contributed by atoms with Crippen molar-refractivity contribution in [2.45, 2.75) is 6.92 Å². The molecule has 1 rings (SSSR count). The third kappa shape index (κ3) is 2.25. The Morgan fingerprint density at radius 1 is 1.40 bits per heavy atom. The van der Waals surface area contributed by atoms with Crippen molar-refractivity contribution < 1.29 is 9.78 Å². The number of hydrogen-bond acceptors (Lipinski definition) is 2. The van der Waals surface area contributed by atoms with Gasteiger partial charge in [-0.25, -0.2) is 0 Å². The van der Waals surface area contributed by atoms with Gasteiger partial charge in [0.25, 0.3) is 6.29 Å². The van der Waals surface area contributed by atoms with Gasteiger partial charge < -0.3 is 0 Å². The van der Waals surface area contributed by atoms with Gasteiger partial charge in [0.05, 0.1) is 0 Å². The van der Waals surface area contributed by atoms with Gasteiger partial charge in [-0.1, -0.05) is 0 Å². The molecule has 5 heavy (non-hydrogen) atoms. The fraction of sp³-hybridized carbons (Fsp3) is 0.500. The lowest BCUT2D eigenvalue weighted by Gasteiger charge is -1.36. The third-order valence-electron chi connectivity index (χ3n) is 0.250. The van der Waals surface area contributed by atoms with Gasteiger partial charge in [0.15, 0.2) is 17.4 Å². The molecule has 0 N–H and O–H groups in total. The van der Waals surface area contributed by atoms with Gasteiger partial charge in [-0.05, 0) is 0 Å². The standard InChI is InChI=1S/C2H3O2.Al.3H/c1-2-3-4-2;;;;/h1H3;;;;. The minimum atomic E-state index is 0. The van der Waals surface area contributed by atoms with Crippen LogP contribution in [-0.2, 0) is 9.78 Å². The summed E-state index contributed by atoms with van der Waals surface area (Å²) in [5, 5.41) is 0. The van der Waals surface area contributed by atoms with Gasteiger partial charge in [0.2, 0.25) is 0 Å². The van der Waals surface area contributed by atoms with Crippen LogP contribution in [0.15, 0.2) is 0 Å². The van der Waals surface area contributed by atoms with E-state index in [9.17, 15) is 0 Å². The fourth-order valence-corrected chi connectivity index (χ4v) is 0.0417. The quantitative estimate of drug-likeness (QED) is 0.222. The van der Waals surface area contributed by atoms with Crippen molar-refractivity contribution in [3.8, 4) is 0 Å². The molecule has 2 nitrogen and oxygen atoms in total. The van der Waals surface area contributed by atoms with Crippen molar-refractivity contribution >= 4 is 17.4 Å². The van der Waals surface area contributed by atoms with E-state index in [1.165, 1.54) is 0 Å². The molecule has 0 unspecified atom stereocenters. The SMILES string of the molecule is C[C]1OO1.[AlH3]. The lowest BCUT2D eigenvalue weighted by Crippen LogP contribution is -1.41. The van der Waals surface area contributed by atoms with E-state index in [2.05, 4.69) is 9.78 Å². The summed E-state index contributed by atoms with van der Waals surface area (Å²) in [4.78, 5) is 8.25. The Morgan fingerprint density at radius 2 is 1.60 bits per heavy atom. The predicted octanol–water partition coefficient (Wildman–Crippen LogP) is -0.726. The first-order valence-electron chi connectivity index (χ1n) is 1.07. The van der Waals surface area contributed by atoms with Crippen molar-refractivity contribution in [3.63, 3.8) is 0 Å². The van der Waals surface area contributed by atoms with Crippen molar-refractivity contribution in [3.05, 3.63) is 6.29 Å². The molecule has 1 radical (unpaired) electrons. The highest BCUT2D eigenvalue weighted by Crippen LogP contribution is 2.18. The van der Waals surface area contributed by atoms with E-state index >= 15 is 0 Å². The van der Waals surface area contributed by atoms with Crippen molar-refractivity contribution in [2.75, 3.05) is 0 Å². The first kappa shape index (κ1) is 5.45. The van der Waals surface area contributed by atoms with Crippen LogP contribution in [0.5, 0.6) is 0 Å². The van der Waals surface area contributed by atoms with Crippen LogP contribution in [0.4, 0.5) is 0 Å². The van der Waals surface area contributed by atoms with E-state index in [4.69, 9.17) is 0 Å². The summed E-state index contributed by atoms with van der Waals surface area (Å²) >= 11 is 0. The number of rotatable bonds is 0. The van der Waals surface area contributed by atoms with Crippen LogP contribution in [-0.4, -0.2) is 17.4 Å². The molecule has 1 aliphatic heterocycles. The van der Waals surface area contributed by atoms with Gasteiger partial charge in [0, 0.05) is 6.92 Å². The average molecular weight is 89.1 g/mol. The average Bonchev–Trinajstić information content (AvgIpc) is 1.75. The maximum Gasteiger partial charge on any atom is 0.289 e. The molecule has 3 heteroatoms. The molecular formula is C2H6AlO2. The highest BCUT2D eigenvalue weighted by molar-refractivity contribution is 5.75. The smallest absolute Gasteiger partial charge is 0.189 e. The molecule has 1 aliphatic rings. The van der Waals surface area contributed by atoms with Gasteiger partial charge in [-0.15, -0.1) is 0 Å². The molecule has 1 saturated heterocycles. The molecular weight excluding hydrogens is 83.0 g/mol. The highest BCUT2D eigenvalue weighted by atomic mass is 27.0. The molecule has 0 amide bonds. The van der Waals surface area contributed by atoms with E-state index < -0.39 is 0 Å². The maximum atomic E-state index is 4.12. The third-order valence-corrected chi connectivity index (χ3v) is 0.250. The van der Waals surface area contributed by atoms with Crippen LogP contribution >= 0.6 is 0 Å². The zero-order valence-electron chi connectivity index (χ0n) is 2.32. The lowest BCUT2D eigenvalue weighted by atomic mass is 10.8. The molecule has 0 saturated carbocycles. The largest absolute Gasteiger partial charge is 0.289 e. The minimum absolute atomic E-state index is 0. The Balaban J connectivity index is 0.000000160. The monoisotopic (exact) mass is 89.0 g/mol. The molecule has 0 aliphatic carbocycles. The summed E-state index contributed by atoms with van der Waals surface area (Å²) < 4.78 is 0. The van der Waals surface area contributed by atoms with Crippen LogP contribution in [0.25, 0.3) is 0 Å². The Bertz CT molecular complexity index is 26.8. The van der Waals surface area contributed by atoms with E-state index in [1.54, 1.807) is 6.92 Å². The Morgan fingerprint density at radius 3 is 1.60 bits per heavy atom. The first-order chi connectivity index (χ1) is 1.89. The lowest BCUT2D eigenvalue weighted by molar-refractivity contribution is 0.0850. The molecule has 0 aromatic heterocycles.